The Morgan fingerprint density at radius 3 is 2.75 bits per heavy atom. The average Bonchev–Trinajstić information content (AvgIpc) is 2.87. The summed E-state index contributed by atoms with van der Waals surface area (Å²) in [5.74, 6) is 0. The van der Waals surface area contributed by atoms with E-state index in [9.17, 15) is 0 Å². The molecular weight excluding hydrogens is 148 g/mol. The third kappa shape index (κ3) is 1.06. The Morgan fingerprint density at radius 1 is 1.42 bits per heavy atom. The molecule has 0 spiro atoms. The molecule has 0 saturated heterocycles. The van der Waals surface area contributed by atoms with Crippen LogP contribution in [-0.4, -0.2) is 0 Å². The highest BCUT2D eigenvalue weighted by atomic mass is 14.5. The molecule has 0 atom stereocenters. The molecule has 1 aliphatic carbocycles. The van der Waals surface area contributed by atoms with Crippen LogP contribution in [0.1, 0.15) is 17.5 Å². The summed E-state index contributed by atoms with van der Waals surface area (Å²) in [5, 5.41) is 8.77. The fourth-order valence-electron chi connectivity index (χ4n) is 1.20. The van der Waals surface area contributed by atoms with Crippen molar-refractivity contribution in [1.29, 1.82) is 5.26 Å². The summed E-state index contributed by atoms with van der Waals surface area (Å²) in [5.41, 5.74) is 9.28. The Morgan fingerprint density at radius 2 is 2.17 bits per heavy atom. The van der Waals surface area contributed by atoms with E-state index in [1.807, 2.05) is 6.07 Å². The number of anilines is 1. The number of nitrogen functional groups attached to an aromatic ring is 1. The second kappa shape index (κ2) is 2.38. The molecule has 2 heteroatoms. The average molecular weight is 156 g/mol. The summed E-state index contributed by atoms with van der Waals surface area (Å²) >= 11 is 0. The highest BCUT2D eigenvalue weighted by Gasteiger charge is 2.14. The van der Waals surface area contributed by atoms with Crippen LogP contribution in [0, 0.1) is 11.3 Å². The minimum absolute atomic E-state index is 0.716. The first kappa shape index (κ1) is 6.93. The van der Waals surface area contributed by atoms with Crippen LogP contribution < -0.4 is 5.73 Å². The molecule has 0 unspecified atom stereocenters. The minimum Gasteiger partial charge on any atom is -0.399 e. The Labute approximate surface area is 70.9 Å². The fourth-order valence-corrected chi connectivity index (χ4v) is 1.20. The summed E-state index contributed by atoms with van der Waals surface area (Å²) in [4.78, 5) is 0. The molecule has 0 aliphatic heterocycles. The normalized spacial score (nSPS) is 13.4. The van der Waals surface area contributed by atoms with Crippen LogP contribution in [0.2, 0.25) is 0 Å². The minimum atomic E-state index is 0.716. The molecule has 1 aliphatic rings. The second-order valence-electron chi connectivity index (χ2n) is 2.85. The first-order valence-corrected chi connectivity index (χ1v) is 3.80. The molecule has 0 amide bonds. The van der Waals surface area contributed by atoms with Crippen molar-refractivity contribution in [2.24, 2.45) is 0 Å². The van der Waals surface area contributed by atoms with E-state index < -0.39 is 0 Å². The molecule has 2 nitrogen and oxygen atoms in total. The van der Waals surface area contributed by atoms with E-state index in [1.165, 1.54) is 5.57 Å². The lowest BCUT2D eigenvalue weighted by atomic mass is 10.1. The fraction of sp³-hybridized carbons (Fsp3) is 0.100. The quantitative estimate of drug-likeness (QED) is 0.631. The Balaban J connectivity index is 2.56. The molecule has 12 heavy (non-hydrogen) atoms. The van der Waals surface area contributed by atoms with Crippen LogP contribution in [0.5, 0.6) is 0 Å². The number of hydrogen-bond acceptors (Lipinski definition) is 2. The number of nitriles is 1. The van der Waals surface area contributed by atoms with Crippen LogP contribution in [0.25, 0.3) is 5.57 Å². The van der Waals surface area contributed by atoms with E-state index in [1.54, 1.807) is 12.1 Å². The van der Waals surface area contributed by atoms with E-state index in [2.05, 4.69) is 12.1 Å². The van der Waals surface area contributed by atoms with Gasteiger partial charge in [0.05, 0.1) is 11.6 Å². The van der Waals surface area contributed by atoms with Crippen molar-refractivity contribution >= 4 is 11.3 Å². The SMILES string of the molecule is N#Cc1ccc(N)cc1C1=CC1. The number of hydrogen-bond donors (Lipinski definition) is 1. The van der Waals surface area contributed by atoms with E-state index in [-0.39, 0.29) is 0 Å². The number of rotatable bonds is 1. The zero-order valence-corrected chi connectivity index (χ0v) is 6.54. The molecule has 0 saturated carbocycles. The third-order valence-electron chi connectivity index (χ3n) is 1.92. The number of benzene rings is 1. The summed E-state index contributed by atoms with van der Waals surface area (Å²) in [6.07, 6.45) is 3.09. The third-order valence-corrected chi connectivity index (χ3v) is 1.92. The number of nitrogens with two attached hydrogens (primary N) is 1. The Hall–Kier alpha value is -1.75. The highest BCUT2D eigenvalue weighted by molar-refractivity contribution is 5.82. The molecule has 0 bridgehead atoms. The zero-order chi connectivity index (χ0) is 8.55. The van der Waals surface area contributed by atoms with Gasteiger partial charge in [0, 0.05) is 5.69 Å². The lowest BCUT2D eigenvalue weighted by Gasteiger charge is -1.99. The second-order valence-corrected chi connectivity index (χ2v) is 2.85. The summed E-state index contributed by atoms with van der Waals surface area (Å²) in [7, 11) is 0. The van der Waals surface area contributed by atoms with E-state index >= 15 is 0 Å². The lowest BCUT2D eigenvalue weighted by Crippen LogP contribution is -1.88. The van der Waals surface area contributed by atoms with Crippen LogP contribution in [0.15, 0.2) is 24.3 Å². The van der Waals surface area contributed by atoms with Gasteiger partial charge >= 0.3 is 0 Å². The van der Waals surface area contributed by atoms with Gasteiger partial charge in [0.1, 0.15) is 0 Å². The van der Waals surface area contributed by atoms with Crippen molar-refractivity contribution in [3.05, 3.63) is 35.4 Å². The molecule has 58 valence electrons. The van der Waals surface area contributed by atoms with Crippen molar-refractivity contribution in [2.45, 2.75) is 6.42 Å². The van der Waals surface area contributed by atoms with Gasteiger partial charge in [-0.1, -0.05) is 6.08 Å². The first-order valence-electron chi connectivity index (χ1n) is 3.80. The largest absolute Gasteiger partial charge is 0.399 e. The van der Waals surface area contributed by atoms with Gasteiger partial charge in [0.25, 0.3) is 0 Å². The monoisotopic (exact) mass is 156 g/mol. The van der Waals surface area contributed by atoms with Crippen LogP contribution >= 0.6 is 0 Å². The van der Waals surface area contributed by atoms with Gasteiger partial charge in [-0.3, -0.25) is 0 Å². The van der Waals surface area contributed by atoms with Gasteiger partial charge in [-0.25, -0.2) is 0 Å². The highest BCUT2D eigenvalue weighted by Crippen LogP contribution is 2.33. The van der Waals surface area contributed by atoms with Gasteiger partial charge in [0.2, 0.25) is 0 Å². The first-order chi connectivity index (χ1) is 5.81. The van der Waals surface area contributed by atoms with E-state index in [4.69, 9.17) is 11.0 Å². The van der Waals surface area contributed by atoms with Crippen molar-refractivity contribution in [3.8, 4) is 6.07 Å². The standard InChI is InChI=1S/C10H8N2/c11-6-8-3-4-9(12)5-10(8)7-1-2-7/h1,3-5H,2,12H2. The van der Waals surface area contributed by atoms with Gasteiger partial charge in [0.15, 0.2) is 0 Å². The van der Waals surface area contributed by atoms with Crippen molar-refractivity contribution in [1.82, 2.24) is 0 Å². The summed E-state index contributed by atoms with van der Waals surface area (Å²) in [6.45, 7) is 0. The van der Waals surface area contributed by atoms with Gasteiger partial charge in [-0.15, -0.1) is 0 Å². The van der Waals surface area contributed by atoms with E-state index in [0.717, 1.165) is 17.7 Å². The molecule has 2 N–H and O–H groups in total. The molecule has 0 radical (unpaired) electrons. The lowest BCUT2D eigenvalue weighted by molar-refractivity contribution is 1.46. The smallest absolute Gasteiger partial charge is 0.0998 e. The molecule has 0 aromatic heterocycles. The van der Waals surface area contributed by atoms with Gasteiger partial charge < -0.3 is 5.73 Å². The van der Waals surface area contributed by atoms with Crippen LogP contribution in [-0.2, 0) is 0 Å². The zero-order valence-electron chi connectivity index (χ0n) is 6.54. The summed E-state index contributed by atoms with van der Waals surface area (Å²) in [6, 6.07) is 7.53. The van der Waals surface area contributed by atoms with Crippen LogP contribution in [0.3, 0.4) is 0 Å². The number of nitrogens with zero attached hydrogens (tertiary/aromatic N) is 1. The number of allylic oxidation sites excluding steroid dienone is 2. The van der Waals surface area contributed by atoms with Gasteiger partial charge in [-0.05, 0) is 35.8 Å². The van der Waals surface area contributed by atoms with Crippen LogP contribution in [0.4, 0.5) is 5.69 Å². The Kier molecular flexibility index (Phi) is 1.38. The molecule has 1 aromatic rings. The Bertz CT molecular complexity index is 397. The molecule has 2 rings (SSSR count). The maximum atomic E-state index is 8.77. The maximum absolute atomic E-state index is 8.77. The predicted octanol–water partition coefficient (Wildman–Crippen LogP) is 1.93. The van der Waals surface area contributed by atoms with Crippen molar-refractivity contribution in [3.63, 3.8) is 0 Å². The topological polar surface area (TPSA) is 49.8 Å². The molecule has 0 heterocycles. The van der Waals surface area contributed by atoms with Crippen molar-refractivity contribution < 1.29 is 0 Å². The molecular formula is C10H8N2. The van der Waals surface area contributed by atoms with Gasteiger partial charge in [-0.2, -0.15) is 5.26 Å². The predicted molar refractivity (Wildman–Crippen MR) is 48.2 cm³/mol. The maximum Gasteiger partial charge on any atom is 0.0998 e. The molecule has 1 aromatic carbocycles. The van der Waals surface area contributed by atoms with Crippen molar-refractivity contribution in [2.75, 3.05) is 5.73 Å². The van der Waals surface area contributed by atoms with E-state index in [0.29, 0.717) is 5.56 Å². The molecule has 0 fully saturated rings. The summed E-state index contributed by atoms with van der Waals surface area (Å²) < 4.78 is 0.